The first-order valence-electron chi connectivity index (χ1n) is 6.89. The third-order valence-electron chi connectivity index (χ3n) is 3.97. The van der Waals surface area contributed by atoms with Crippen LogP contribution in [0.4, 0.5) is 9.59 Å². The van der Waals surface area contributed by atoms with Crippen molar-refractivity contribution >= 4 is 20.3 Å². The predicted octanol–water partition coefficient (Wildman–Crippen LogP) is 1.62. The Kier molecular flexibility index (Phi) is 3.28. The molecular weight excluding hydrogens is 260 g/mol. The molecule has 2 unspecified atom stereocenters. The Morgan fingerprint density at radius 3 is 1.84 bits per heavy atom. The fourth-order valence-corrected chi connectivity index (χ4v) is 4.92. The molecule has 2 fully saturated rings. The maximum atomic E-state index is 12.5. The summed E-state index contributed by atoms with van der Waals surface area (Å²) in [6.45, 7) is 11.6. The van der Waals surface area contributed by atoms with Crippen LogP contribution in [0.1, 0.15) is 13.8 Å². The topological polar surface area (TPSA) is 47.1 Å². The molecule has 108 valence electrons. The van der Waals surface area contributed by atoms with Gasteiger partial charge in [0.25, 0.3) is 0 Å². The van der Waals surface area contributed by atoms with Crippen LogP contribution < -0.4 is 0 Å². The number of hydrogen-bond donors (Lipinski definition) is 0. The Bertz CT molecular complexity index is 409. The van der Waals surface area contributed by atoms with E-state index in [1.807, 2.05) is 23.3 Å². The number of hydrogen-bond acceptors (Lipinski definition) is 2. The zero-order valence-corrected chi connectivity index (χ0v) is 13.7. The first-order chi connectivity index (χ1) is 8.75. The summed E-state index contributed by atoms with van der Waals surface area (Å²) in [7, 11) is -0.0225. The molecule has 0 aliphatic carbocycles. The molecule has 0 N–H and O–H groups in total. The van der Waals surface area contributed by atoms with Gasteiger partial charge in [0.2, 0.25) is 0 Å². The average Bonchev–Trinajstić information content (AvgIpc) is 2.71. The predicted molar refractivity (Wildman–Crippen MR) is 76.1 cm³/mol. The molecule has 0 saturated carbocycles. The molecule has 0 aromatic heterocycles. The molecule has 0 spiro atoms. The molecule has 2 heterocycles. The van der Waals surface area contributed by atoms with E-state index in [1.54, 1.807) is 16.8 Å². The van der Waals surface area contributed by atoms with Gasteiger partial charge in [0, 0.05) is 20.1 Å². The maximum absolute atomic E-state index is 12.5. The molecule has 2 saturated heterocycles. The zero-order chi connectivity index (χ0) is 14.5. The van der Waals surface area contributed by atoms with E-state index in [-0.39, 0.29) is 24.4 Å². The molecule has 2 aliphatic heterocycles. The number of likely N-dealkylation sites (N-methyl/N-ethyl adjacent to an activating group) is 3. The minimum atomic E-state index is -1.82. The van der Waals surface area contributed by atoms with Crippen LogP contribution in [0.3, 0.4) is 0 Å². The number of rotatable bonds is 3. The number of carbonyl (C=O) groups is 2. The molecule has 6 nitrogen and oxygen atoms in total. The van der Waals surface area contributed by atoms with Crippen molar-refractivity contribution in [3.8, 4) is 0 Å². The van der Waals surface area contributed by atoms with E-state index in [2.05, 4.69) is 19.6 Å². The van der Waals surface area contributed by atoms with Gasteiger partial charge in [-0.25, -0.2) is 9.59 Å². The summed E-state index contributed by atoms with van der Waals surface area (Å²) in [5, 5.41) is 0. The van der Waals surface area contributed by atoms with Gasteiger partial charge < -0.3 is 19.3 Å². The Labute approximate surface area is 116 Å². The summed E-state index contributed by atoms with van der Waals surface area (Å²) in [6.07, 6.45) is -0.265. The van der Waals surface area contributed by atoms with Gasteiger partial charge in [0.15, 0.2) is 8.24 Å². The summed E-state index contributed by atoms with van der Waals surface area (Å²) in [6, 6.07) is 0.0983. The molecule has 7 heteroatoms. The number of amides is 4. The molecule has 0 bridgehead atoms. The second kappa shape index (κ2) is 4.40. The van der Waals surface area contributed by atoms with E-state index in [0.29, 0.717) is 13.1 Å². The van der Waals surface area contributed by atoms with E-state index in [4.69, 9.17) is 0 Å². The van der Waals surface area contributed by atoms with Crippen LogP contribution in [-0.4, -0.2) is 72.0 Å². The van der Waals surface area contributed by atoms with Gasteiger partial charge in [-0.1, -0.05) is 19.6 Å². The zero-order valence-electron chi connectivity index (χ0n) is 12.7. The van der Waals surface area contributed by atoms with Crippen LogP contribution >= 0.6 is 0 Å². The normalized spacial score (nSPS) is 27.7. The second-order valence-electron chi connectivity index (χ2n) is 6.12. The highest BCUT2D eigenvalue weighted by molar-refractivity contribution is 6.75. The van der Waals surface area contributed by atoms with Crippen molar-refractivity contribution in [1.29, 1.82) is 0 Å². The lowest BCUT2D eigenvalue weighted by atomic mass is 10.3. The molecule has 19 heavy (non-hydrogen) atoms. The van der Waals surface area contributed by atoms with Crippen molar-refractivity contribution in [2.24, 2.45) is 0 Å². The molecule has 0 aromatic carbocycles. The van der Waals surface area contributed by atoms with E-state index < -0.39 is 8.24 Å². The van der Waals surface area contributed by atoms with Crippen molar-refractivity contribution in [1.82, 2.24) is 19.3 Å². The number of urea groups is 2. The smallest absolute Gasteiger partial charge is 0.323 e. The highest BCUT2D eigenvalue weighted by Crippen LogP contribution is 2.36. The lowest BCUT2D eigenvalue weighted by Crippen LogP contribution is -2.57. The fraction of sp³-hybridized carbons (Fsp3) is 0.833. The Morgan fingerprint density at radius 1 is 0.947 bits per heavy atom. The van der Waals surface area contributed by atoms with Gasteiger partial charge in [-0.3, -0.25) is 0 Å². The van der Waals surface area contributed by atoms with Crippen LogP contribution in [0, 0.1) is 0 Å². The number of fused-ring (bicyclic) bond motifs is 1. The number of carbonyl (C=O) groups excluding carboxylic acids is 2. The third kappa shape index (κ3) is 1.82. The number of nitrogens with zero attached hydrogens (tertiary/aromatic N) is 4. The minimum Gasteiger partial charge on any atom is -0.329 e. The van der Waals surface area contributed by atoms with Crippen molar-refractivity contribution in [3.63, 3.8) is 0 Å². The van der Waals surface area contributed by atoms with Gasteiger partial charge in [-0.2, -0.15) is 0 Å². The van der Waals surface area contributed by atoms with E-state index in [0.717, 1.165) is 0 Å². The Hall–Kier alpha value is -1.24. The van der Waals surface area contributed by atoms with Crippen molar-refractivity contribution < 1.29 is 9.59 Å². The molecule has 2 aliphatic rings. The SMILES string of the molecule is CCN1C(=O)N(CC)C2C1N(C)C(=O)N2[Si](C)(C)C. The molecular formula is C12H24N4O2Si. The van der Waals surface area contributed by atoms with E-state index in [9.17, 15) is 9.59 Å². The molecule has 2 atom stereocenters. The highest BCUT2D eigenvalue weighted by atomic mass is 28.3. The van der Waals surface area contributed by atoms with Gasteiger partial charge in [-0.05, 0) is 13.8 Å². The van der Waals surface area contributed by atoms with Crippen molar-refractivity contribution in [2.75, 3.05) is 20.1 Å². The molecule has 4 amide bonds. The van der Waals surface area contributed by atoms with Crippen LogP contribution in [0.15, 0.2) is 0 Å². The van der Waals surface area contributed by atoms with Gasteiger partial charge >= 0.3 is 12.1 Å². The van der Waals surface area contributed by atoms with Gasteiger partial charge in [-0.15, -0.1) is 0 Å². The summed E-state index contributed by atoms with van der Waals surface area (Å²) >= 11 is 0. The molecule has 0 radical (unpaired) electrons. The van der Waals surface area contributed by atoms with Gasteiger partial charge in [0.1, 0.15) is 12.3 Å². The third-order valence-corrected chi connectivity index (χ3v) is 5.87. The minimum absolute atomic E-state index is 0.0441. The van der Waals surface area contributed by atoms with Crippen LogP contribution in [0.2, 0.25) is 19.6 Å². The second-order valence-corrected chi connectivity index (χ2v) is 10.9. The van der Waals surface area contributed by atoms with E-state index >= 15 is 0 Å². The summed E-state index contributed by atoms with van der Waals surface area (Å²) in [5.74, 6) is 0. The van der Waals surface area contributed by atoms with Crippen molar-refractivity contribution in [2.45, 2.75) is 45.8 Å². The first-order valence-corrected chi connectivity index (χ1v) is 10.3. The average molecular weight is 284 g/mol. The van der Waals surface area contributed by atoms with Crippen molar-refractivity contribution in [3.05, 3.63) is 0 Å². The maximum Gasteiger partial charge on any atom is 0.323 e. The summed E-state index contributed by atoms with van der Waals surface area (Å²) in [5.41, 5.74) is 0. The first kappa shape index (κ1) is 14.2. The Morgan fingerprint density at radius 2 is 1.42 bits per heavy atom. The van der Waals surface area contributed by atoms with Crippen LogP contribution in [0.5, 0.6) is 0 Å². The fourth-order valence-electron chi connectivity index (χ4n) is 3.12. The lowest BCUT2D eigenvalue weighted by molar-refractivity contribution is 0.148. The largest absolute Gasteiger partial charge is 0.329 e. The standard InChI is InChI=1S/C12H24N4O2Si/c1-7-14-9-10(15(8-2)12(14)18)16(19(4,5)6)11(17)13(9)3/h9-10H,7-8H2,1-6H3. The van der Waals surface area contributed by atoms with Crippen LogP contribution in [-0.2, 0) is 0 Å². The Balaban J connectivity index is 2.47. The quantitative estimate of drug-likeness (QED) is 0.739. The molecule has 0 aromatic rings. The summed E-state index contributed by atoms with van der Waals surface area (Å²) < 4.78 is 1.97. The highest BCUT2D eigenvalue weighted by Gasteiger charge is 2.59. The lowest BCUT2D eigenvalue weighted by Gasteiger charge is -2.37. The molecule has 2 rings (SSSR count). The summed E-state index contributed by atoms with van der Waals surface area (Å²) in [4.78, 5) is 30.3. The monoisotopic (exact) mass is 284 g/mol. The van der Waals surface area contributed by atoms with E-state index in [1.165, 1.54) is 0 Å². The van der Waals surface area contributed by atoms with Crippen LogP contribution in [0.25, 0.3) is 0 Å². The van der Waals surface area contributed by atoms with Gasteiger partial charge in [0.05, 0.1) is 0 Å².